The van der Waals surface area contributed by atoms with E-state index in [4.69, 9.17) is 0 Å². The third kappa shape index (κ3) is 6.44. The topological polar surface area (TPSA) is 115 Å². The average molecular weight is 474 g/mol. The number of carbonyl (C=O) groups excluding carboxylic acids is 1. The van der Waals surface area contributed by atoms with Gasteiger partial charge in [0, 0.05) is 29.7 Å². The highest BCUT2D eigenvalue weighted by Gasteiger charge is 2.14. The van der Waals surface area contributed by atoms with Gasteiger partial charge in [-0.2, -0.15) is 4.91 Å². The number of hydrogen-bond acceptors (Lipinski definition) is 5. The molecule has 182 valence electrons. The second-order valence-corrected chi connectivity index (χ2v) is 9.27. The number of urea groups is 1. The molecule has 1 heterocycles. The first-order chi connectivity index (χ1) is 16.6. The van der Waals surface area contributed by atoms with Gasteiger partial charge < -0.3 is 20.9 Å². The molecule has 0 saturated heterocycles. The zero-order valence-electron chi connectivity index (χ0n) is 20.5. The number of nitrogens with one attached hydrogen (secondary N) is 4. The molecule has 0 fully saturated rings. The predicted molar refractivity (Wildman–Crippen MR) is 143 cm³/mol. The maximum atomic E-state index is 12.2. The van der Waals surface area contributed by atoms with E-state index in [1.807, 2.05) is 25.1 Å². The highest BCUT2D eigenvalue weighted by atomic mass is 16.3. The Morgan fingerprint density at radius 1 is 1.06 bits per heavy atom. The largest absolute Gasteiger partial charge is 0.355 e. The van der Waals surface area contributed by atoms with Gasteiger partial charge in [-0.05, 0) is 46.7 Å². The van der Waals surface area contributed by atoms with Crippen LogP contribution in [0.5, 0.6) is 0 Å². The number of carbonyl (C=O) groups is 1. The molecule has 0 aliphatic rings. The minimum atomic E-state index is -0.586. The molecular formula is C27H31N5O3. The highest BCUT2D eigenvalue weighted by molar-refractivity contribution is 5.90. The van der Waals surface area contributed by atoms with Crippen LogP contribution in [0.1, 0.15) is 37.5 Å². The van der Waals surface area contributed by atoms with Crippen molar-refractivity contribution >= 4 is 23.1 Å². The van der Waals surface area contributed by atoms with Crippen molar-refractivity contribution in [3.8, 4) is 11.1 Å². The van der Waals surface area contributed by atoms with Crippen molar-refractivity contribution in [3.05, 3.63) is 93.3 Å². The van der Waals surface area contributed by atoms with E-state index >= 15 is 0 Å². The Balaban J connectivity index is 1.81. The van der Waals surface area contributed by atoms with Crippen LogP contribution in [0.15, 0.2) is 71.3 Å². The second kappa shape index (κ2) is 10.8. The van der Waals surface area contributed by atoms with Gasteiger partial charge in [-0.3, -0.25) is 4.79 Å². The van der Waals surface area contributed by atoms with Crippen LogP contribution in [0.4, 0.5) is 16.2 Å². The maximum absolute atomic E-state index is 12.2. The Bertz CT molecular complexity index is 1290. The van der Waals surface area contributed by atoms with Crippen LogP contribution in [0.3, 0.4) is 0 Å². The summed E-state index contributed by atoms with van der Waals surface area (Å²) in [6.45, 7) is 12.8. The first-order valence-electron chi connectivity index (χ1n) is 11.3. The fourth-order valence-electron chi connectivity index (χ4n) is 3.60. The number of hydrogen-bond donors (Lipinski definition) is 4. The lowest BCUT2D eigenvalue weighted by Gasteiger charge is -2.20. The van der Waals surface area contributed by atoms with Crippen LogP contribution in [0.2, 0.25) is 0 Å². The standard InChI is InChI=1S/C27H31N5O3/c1-17-22(20-15-24(25(33)29-16-20)32-26(34)28-13-14-30-35)7-6-8-23(17)31-18(2)19-9-11-21(12-10-19)27(3,4)5/h6-12,15-16,31H,2,13-14H2,1,3-5H3,(H,29,33)(H2,28,32,34). The van der Waals surface area contributed by atoms with Gasteiger partial charge in [-0.25, -0.2) is 4.79 Å². The number of nitroso groups, excluding NO2 is 1. The average Bonchev–Trinajstić information content (AvgIpc) is 2.81. The Labute approximate surface area is 204 Å². The first-order valence-corrected chi connectivity index (χ1v) is 11.3. The third-order valence-corrected chi connectivity index (χ3v) is 5.67. The monoisotopic (exact) mass is 473 g/mol. The summed E-state index contributed by atoms with van der Waals surface area (Å²) in [6, 6.07) is 15.2. The summed E-state index contributed by atoms with van der Waals surface area (Å²) in [5.74, 6) is 0. The molecule has 0 aliphatic heterocycles. The van der Waals surface area contributed by atoms with E-state index in [0.29, 0.717) is 0 Å². The van der Waals surface area contributed by atoms with Gasteiger partial charge in [-0.15, -0.1) is 0 Å². The molecule has 0 unspecified atom stereocenters. The molecule has 35 heavy (non-hydrogen) atoms. The molecule has 0 saturated carbocycles. The van der Waals surface area contributed by atoms with Gasteiger partial charge in [0.1, 0.15) is 5.69 Å². The highest BCUT2D eigenvalue weighted by Crippen LogP contribution is 2.31. The number of anilines is 2. The van der Waals surface area contributed by atoms with Gasteiger partial charge in [0.15, 0.2) is 0 Å². The molecule has 0 atom stereocenters. The number of nitrogens with zero attached hydrogens (tertiary/aromatic N) is 1. The van der Waals surface area contributed by atoms with Crippen molar-refractivity contribution in [2.24, 2.45) is 5.18 Å². The molecule has 4 N–H and O–H groups in total. The molecule has 0 aliphatic carbocycles. The van der Waals surface area contributed by atoms with Crippen molar-refractivity contribution in [2.45, 2.75) is 33.1 Å². The molecule has 0 radical (unpaired) electrons. The molecule has 8 heteroatoms. The number of amides is 2. The number of H-pyrrole nitrogens is 1. The fourth-order valence-corrected chi connectivity index (χ4v) is 3.60. The van der Waals surface area contributed by atoms with Crippen LogP contribution in [0, 0.1) is 11.8 Å². The number of aromatic amines is 1. The van der Waals surface area contributed by atoms with E-state index in [2.05, 4.69) is 77.7 Å². The van der Waals surface area contributed by atoms with Crippen molar-refractivity contribution in [3.63, 3.8) is 0 Å². The Morgan fingerprint density at radius 2 is 1.77 bits per heavy atom. The van der Waals surface area contributed by atoms with Gasteiger partial charge in [-0.1, -0.05) is 68.9 Å². The van der Waals surface area contributed by atoms with Crippen LogP contribution in [-0.4, -0.2) is 24.1 Å². The Hall–Kier alpha value is -4.20. The van der Waals surface area contributed by atoms with Crippen LogP contribution in [0.25, 0.3) is 16.8 Å². The van der Waals surface area contributed by atoms with E-state index in [1.54, 1.807) is 12.3 Å². The smallest absolute Gasteiger partial charge is 0.319 e. The van der Waals surface area contributed by atoms with Gasteiger partial charge >= 0.3 is 6.03 Å². The third-order valence-electron chi connectivity index (χ3n) is 5.67. The molecule has 3 aromatic rings. The molecule has 0 bridgehead atoms. The lowest BCUT2D eigenvalue weighted by molar-refractivity contribution is 0.252. The number of pyridine rings is 1. The molecule has 2 amide bonds. The summed E-state index contributed by atoms with van der Waals surface area (Å²) in [5.41, 5.74) is 6.22. The molecule has 3 rings (SSSR count). The minimum absolute atomic E-state index is 0.0468. The second-order valence-electron chi connectivity index (χ2n) is 9.27. The summed E-state index contributed by atoms with van der Waals surface area (Å²) in [4.78, 5) is 37.1. The molecular weight excluding hydrogens is 442 g/mol. The van der Waals surface area contributed by atoms with E-state index in [-0.39, 0.29) is 24.2 Å². The van der Waals surface area contributed by atoms with Crippen molar-refractivity contribution in [1.82, 2.24) is 10.3 Å². The number of benzene rings is 2. The quantitative estimate of drug-likeness (QED) is 0.251. The zero-order valence-corrected chi connectivity index (χ0v) is 20.5. The minimum Gasteiger partial charge on any atom is -0.355 e. The van der Waals surface area contributed by atoms with Gasteiger partial charge in [0.25, 0.3) is 5.56 Å². The summed E-state index contributed by atoms with van der Waals surface area (Å²) < 4.78 is 0. The van der Waals surface area contributed by atoms with E-state index in [0.717, 1.165) is 33.6 Å². The van der Waals surface area contributed by atoms with Crippen molar-refractivity contribution in [2.75, 3.05) is 23.7 Å². The predicted octanol–water partition coefficient (Wildman–Crippen LogP) is 5.62. The van der Waals surface area contributed by atoms with Crippen LogP contribution in [-0.2, 0) is 5.41 Å². The van der Waals surface area contributed by atoms with E-state index < -0.39 is 11.6 Å². The normalized spacial score (nSPS) is 11.0. The summed E-state index contributed by atoms with van der Waals surface area (Å²) in [6.07, 6.45) is 1.61. The molecule has 2 aromatic carbocycles. The van der Waals surface area contributed by atoms with E-state index in [9.17, 15) is 14.5 Å². The van der Waals surface area contributed by atoms with Crippen LogP contribution >= 0.6 is 0 Å². The number of aromatic nitrogens is 1. The number of rotatable bonds is 8. The van der Waals surface area contributed by atoms with Gasteiger partial charge in [0.05, 0.1) is 6.54 Å². The first kappa shape index (κ1) is 25.4. The lowest BCUT2D eigenvalue weighted by Crippen LogP contribution is -2.32. The molecule has 8 nitrogen and oxygen atoms in total. The van der Waals surface area contributed by atoms with Gasteiger partial charge in [0.2, 0.25) is 0 Å². The molecule has 1 aromatic heterocycles. The van der Waals surface area contributed by atoms with E-state index in [1.165, 1.54) is 5.56 Å². The van der Waals surface area contributed by atoms with Crippen molar-refractivity contribution < 1.29 is 4.79 Å². The Kier molecular flexibility index (Phi) is 7.86. The summed E-state index contributed by atoms with van der Waals surface area (Å²) >= 11 is 0. The summed E-state index contributed by atoms with van der Waals surface area (Å²) in [7, 11) is 0. The Morgan fingerprint density at radius 3 is 2.43 bits per heavy atom. The van der Waals surface area contributed by atoms with Crippen LogP contribution < -0.4 is 21.5 Å². The van der Waals surface area contributed by atoms with Crippen molar-refractivity contribution in [1.29, 1.82) is 0 Å². The lowest BCUT2D eigenvalue weighted by atomic mass is 9.86. The SMILES string of the molecule is C=C(Nc1cccc(-c2c[nH]c(=O)c(NC(=O)NCCN=O)c2)c1C)c1ccc(C(C)(C)C)cc1. The summed E-state index contributed by atoms with van der Waals surface area (Å²) in [5, 5.41) is 11.1. The zero-order chi connectivity index (χ0) is 25.6. The maximum Gasteiger partial charge on any atom is 0.319 e. The molecule has 0 spiro atoms. The fraction of sp³-hybridized carbons (Fsp3) is 0.259.